The van der Waals surface area contributed by atoms with Crippen LogP contribution in [0.15, 0.2) is 42.5 Å². The number of carbonyl (C=O) groups is 1. The minimum Gasteiger partial charge on any atom is -0.384 e. The van der Waals surface area contributed by atoms with Crippen molar-refractivity contribution in [1.29, 1.82) is 0 Å². The first-order valence-electron chi connectivity index (χ1n) is 6.00. The Morgan fingerprint density at radius 3 is 2.53 bits per heavy atom. The predicted octanol–water partition coefficient (Wildman–Crippen LogP) is 2.92. The van der Waals surface area contributed by atoms with Crippen LogP contribution < -0.4 is 5.32 Å². The van der Waals surface area contributed by atoms with Gasteiger partial charge in [0.15, 0.2) is 0 Å². The Hall–Kier alpha value is -1.84. The molecule has 0 radical (unpaired) electrons. The lowest BCUT2D eigenvalue weighted by molar-refractivity contribution is -0.115. The fourth-order valence-corrected chi connectivity index (χ4v) is 2.38. The van der Waals surface area contributed by atoms with Gasteiger partial charge in [-0.15, -0.1) is 0 Å². The van der Waals surface area contributed by atoms with Gasteiger partial charge < -0.3 is 10.4 Å². The quantitative estimate of drug-likeness (QED) is 0.884. The van der Waals surface area contributed by atoms with Crippen LogP contribution in [0, 0.1) is 0 Å². The smallest absolute Gasteiger partial charge is 0.228 e. The van der Waals surface area contributed by atoms with Gasteiger partial charge in [0.1, 0.15) is 6.10 Å². The number of halogens is 1. The summed E-state index contributed by atoms with van der Waals surface area (Å²) in [4.78, 5) is 11.3. The van der Waals surface area contributed by atoms with Crippen LogP contribution in [0.5, 0.6) is 0 Å². The van der Waals surface area contributed by atoms with Gasteiger partial charge in [-0.3, -0.25) is 4.79 Å². The number of rotatable bonds is 2. The number of aliphatic hydroxyl groups is 1. The van der Waals surface area contributed by atoms with Crippen molar-refractivity contribution in [2.45, 2.75) is 12.5 Å². The number of amides is 1. The molecular weight excluding hydrogens is 262 g/mol. The number of carbonyl (C=O) groups excluding carboxylic acids is 1. The van der Waals surface area contributed by atoms with E-state index >= 15 is 0 Å². The monoisotopic (exact) mass is 273 g/mol. The van der Waals surface area contributed by atoms with E-state index in [1.54, 1.807) is 24.3 Å². The molecule has 0 saturated heterocycles. The van der Waals surface area contributed by atoms with Crippen molar-refractivity contribution in [3.63, 3.8) is 0 Å². The average Bonchev–Trinajstić information content (AvgIpc) is 2.77. The van der Waals surface area contributed by atoms with E-state index < -0.39 is 6.10 Å². The lowest BCUT2D eigenvalue weighted by Gasteiger charge is -2.12. The Morgan fingerprint density at radius 1 is 1.11 bits per heavy atom. The maximum absolute atomic E-state index is 11.3. The topological polar surface area (TPSA) is 49.3 Å². The lowest BCUT2D eigenvalue weighted by Crippen LogP contribution is -2.03. The van der Waals surface area contributed by atoms with E-state index in [2.05, 4.69) is 5.32 Å². The summed E-state index contributed by atoms with van der Waals surface area (Å²) in [6, 6.07) is 12.6. The molecule has 1 unspecified atom stereocenters. The second-order valence-electron chi connectivity index (χ2n) is 4.60. The maximum Gasteiger partial charge on any atom is 0.228 e. The van der Waals surface area contributed by atoms with Gasteiger partial charge in [-0.25, -0.2) is 0 Å². The predicted molar refractivity (Wildman–Crippen MR) is 74.3 cm³/mol. The fraction of sp³-hybridized carbons (Fsp3) is 0.133. The third kappa shape index (κ3) is 2.35. The largest absolute Gasteiger partial charge is 0.384 e. The molecule has 1 amide bonds. The summed E-state index contributed by atoms with van der Waals surface area (Å²) in [6.07, 6.45) is -0.338. The Kier molecular flexibility index (Phi) is 3.01. The molecule has 0 bridgehead atoms. The number of fused-ring (bicyclic) bond motifs is 1. The van der Waals surface area contributed by atoms with Gasteiger partial charge in [0.05, 0.1) is 6.42 Å². The third-order valence-corrected chi connectivity index (χ3v) is 3.51. The summed E-state index contributed by atoms with van der Waals surface area (Å²) < 4.78 is 0. The zero-order chi connectivity index (χ0) is 13.4. The minimum absolute atomic E-state index is 0.00636. The first-order valence-corrected chi connectivity index (χ1v) is 6.37. The minimum atomic E-state index is -0.710. The van der Waals surface area contributed by atoms with Crippen LogP contribution >= 0.6 is 11.6 Å². The molecular formula is C15H12ClNO2. The molecule has 19 heavy (non-hydrogen) atoms. The van der Waals surface area contributed by atoms with Crippen LogP contribution in [0.1, 0.15) is 22.8 Å². The Bertz CT molecular complexity index is 637. The lowest BCUT2D eigenvalue weighted by atomic mass is 9.99. The molecule has 2 aromatic rings. The molecule has 1 heterocycles. The zero-order valence-corrected chi connectivity index (χ0v) is 10.8. The van der Waals surface area contributed by atoms with Crippen LogP contribution in [0.25, 0.3) is 0 Å². The second kappa shape index (κ2) is 4.68. The van der Waals surface area contributed by atoms with E-state index in [9.17, 15) is 9.90 Å². The molecule has 3 nitrogen and oxygen atoms in total. The first-order chi connectivity index (χ1) is 9.13. The third-order valence-electron chi connectivity index (χ3n) is 3.26. The highest BCUT2D eigenvalue weighted by atomic mass is 35.5. The number of benzene rings is 2. The summed E-state index contributed by atoms with van der Waals surface area (Å²) in [5.74, 6) is -0.00636. The van der Waals surface area contributed by atoms with Crippen molar-refractivity contribution in [1.82, 2.24) is 0 Å². The number of nitrogens with one attached hydrogen (secondary N) is 1. The van der Waals surface area contributed by atoms with E-state index in [-0.39, 0.29) is 5.91 Å². The molecule has 1 atom stereocenters. The van der Waals surface area contributed by atoms with Crippen molar-refractivity contribution >= 4 is 23.2 Å². The molecule has 0 spiro atoms. The van der Waals surface area contributed by atoms with Gasteiger partial charge in [-0.2, -0.15) is 0 Å². The highest BCUT2D eigenvalue weighted by Crippen LogP contribution is 2.29. The van der Waals surface area contributed by atoms with Crippen LogP contribution in [0.3, 0.4) is 0 Å². The van der Waals surface area contributed by atoms with Gasteiger partial charge in [0, 0.05) is 10.7 Å². The Morgan fingerprint density at radius 2 is 1.79 bits per heavy atom. The van der Waals surface area contributed by atoms with Gasteiger partial charge in [0.25, 0.3) is 0 Å². The molecule has 3 rings (SSSR count). The van der Waals surface area contributed by atoms with E-state index in [1.165, 1.54) is 0 Å². The average molecular weight is 274 g/mol. The first kappa shape index (κ1) is 12.2. The van der Waals surface area contributed by atoms with E-state index in [1.807, 2.05) is 18.2 Å². The van der Waals surface area contributed by atoms with E-state index in [0.29, 0.717) is 11.4 Å². The molecule has 2 aromatic carbocycles. The van der Waals surface area contributed by atoms with Crippen LogP contribution in [0.4, 0.5) is 5.69 Å². The molecule has 0 fully saturated rings. The molecule has 0 aliphatic carbocycles. The number of hydrogen-bond donors (Lipinski definition) is 2. The van der Waals surface area contributed by atoms with Crippen molar-refractivity contribution in [3.05, 3.63) is 64.2 Å². The molecule has 0 aromatic heterocycles. The highest BCUT2D eigenvalue weighted by molar-refractivity contribution is 6.30. The van der Waals surface area contributed by atoms with Crippen molar-refractivity contribution in [3.8, 4) is 0 Å². The maximum atomic E-state index is 11.3. The van der Waals surface area contributed by atoms with Gasteiger partial charge >= 0.3 is 0 Å². The van der Waals surface area contributed by atoms with Gasteiger partial charge in [0.2, 0.25) is 5.91 Å². The Labute approximate surface area is 115 Å². The molecule has 2 N–H and O–H groups in total. The van der Waals surface area contributed by atoms with Crippen molar-refractivity contribution in [2.75, 3.05) is 5.32 Å². The Balaban J connectivity index is 1.92. The SMILES string of the molecule is O=C1Cc2cc(C(O)c3ccc(Cl)cc3)ccc2N1. The molecule has 1 aliphatic rings. The molecule has 1 aliphatic heterocycles. The number of anilines is 1. The van der Waals surface area contributed by atoms with Gasteiger partial charge in [-0.1, -0.05) is 35.9 Å². The molecule has 4 heteroatoms. The standard InChI is InChI=1S/C15H12ClNO2/c16-12-4-1-9(2-5-12)15(19)10-3-6-13-11(7-10)8-14(18)17-13/h1-7,15,19H,8H2,(H,17,18). The summed E-state index contributed by atoms with van der Waals surface area (Å²) in [7, 11) is 0. The van der Waals surface area contributed by atoms with Crippen LogP contribution in [-0.4, -0.2) is 11.0 Å². The summed E-state index contributed by atoms with van der Waals surface area (Å²) in [5, 5.41) is 13.7. The van der Waals surface area contributed by atoms with Crippen molar-refractivity contribution in [2.24, 2.45) is 0 Å². The van der Waals surface area contributed by atoms with Crippen LogP contribution in [-0.2, 0) is 11.2 Å². The number of hydrogen-bond acceptors (Lipinski definition) is 2. The zero-order valence-electron chi connectivity index (χ0n) is 10.1. The highest BCUT2D eigenvalue weighted by Gasteiger charge is 2.19. The van der Waals surface area contributed by atoms with E-state index in [0.717, 1.165) is 22.4 Å². The fourth-order valence-electron chi connectivity index (χ4n) is 2.26. The number of aliphatic hydroxyl groups excluding tert-OH is 1. The summed E-state index contributed by atoms with van der Waals surface area (Å²) >= 11 is 5.83. The van der Waals surface area contributed by atoms with Crippen molar-refractivity contribution < 1.29 is 9.90 Å². The van der Waals surface area contributed by atoms with E-state index in [4.69, 9.17) is 11.6 Å². The van der Waals surface area contributed by atoms with Crippen LogP contribution in [0.2, 0.25) is 5.02 Å². The second-order valence-corrected chi connectivity index (χ2v) is 5.03. The molecule has 0 saturated carbocycles. The summed E-state index contributed by atoms with van der Waals surface area (Å²) in [5.41, 5.74) is 3.31. The normalized spacial score (nSPS) is 14.9. The molecule has 96 valence electrons. The van der Waals surface area contributed by atoms with Gasteiger partial charge in [-0.05, 0) is 34.9 Å². The summed E-state index contributed by atoms with van der Waals surface area (Å²) in [6.45, 7) is 0.